The van der Waals surface area contributed by atoms with Gasteiger partial charge in [-0.15, -0.1) is 0 Å². The van der Waals surface area contributed by atoms with E-state index in [9.17, 15) is 36.0 Å². The summed E-state index contributed by atoms with van der Waals surface area (Å²) in [6, 6.07) is 7.46. The maximum atomic E-state index is 13.2. The van der Waals surface area contributed by atoms with Crippen LogP contribution in [-0.2, 0) is 43.5 Å². The number of hydrogen-bond donors (Lipinski definition) is 5. The van der Waals surface area contributed by atoms with Crippen molar-refractivity contribution in [3.05, 3.63) is 65.2 Å². The zero-order valence-corrected chi connectivity index (χ0v) is 26.2. The van der Waals surface area contributed by atoms with Gasteiger partial charge in [0, 0.05) is 52.2 Å². The van der Waals surface area contributed by atoms with Crippen LogP contribution in [0.2, 0.25) is 0 Å². The predicted molar refractivity (Wildman–Crippen MR) is 163 cm³/mol. The Hall–Kier alpha value is -3.57. The summed E-state index contributed by atoms with van der Waals surface area (Å²) in [6.07, 6.45) is -5.11. The Bertz CT molecular complexity index is 1360. The fourth-order valence-corrected chi connectivity index (χ4v) is 5.90. The number of nitrogens with zero attached hydrogens (tertiary/aromatic N) is 2. The third kappa shape index (κ3) is 11.1. The Morgan fingerprint density at radius 2 is 1.40 bits per heavy atom. The Kier molecular flexibility index (Phi) is 14.4. The minimum atomic E-state index is -4.55. The average molecular weight is 658 g/mol. The molecule has 2 unspecified atom stereocenters. The lowest BCUT2D eigenvalue weighted by Crippen LogP contribution is -2.53. The Labute approximate surface area is 261 Å². The third-order valence-corrected chi connectivity index (χ3v) is 9.03. The van der Waals surface area contributed by atoms with Gasteiger partial charge >= 0.3 is 6.18 Å². The van der Waals surface area contributed by atoms with Crippen molar-refractivity contribution in [3.63, 3.8) is 0 Å². The number of rotatable bonds is 17. The van der Waals surface area contributed by atoms with Crippen LogP contribution < -0.4 is 27.8 Å². The molecule has 0 aromatic heterocycles. The SMILES string of the molecule is CCN(CC)S(=O)(=O)c1ccc(CNC(=O)C(Cc2ccc(C(F)(F)F)cc2)NC(=O)C(N)CC(=O)N(CCN)CCN)cc1. The zero-order valence-electron chi connectivity index (χ0n) is 25.3. The van der Waals surface area contributed by atoms with E-state index in [1.807, 2.05) is 0 Å². The van der Waals surface area contributed by atoms with E-state index >= 15 is 0 Å². The van der Waals surface area contributed by atoms with Crippen LogP contribution in [0.1, 0.15) is 37.0 Å². The highest BCUT2D eigenvalue weighted by Gasteiger charge is 2.31. The molecule has 12 nitrogen and oxygen atoms in total. The molecule has 8 N–H and O–H groups in total. The second-order valence-corrected chi connectivity index (χ2v) is 12.1. The van der Waals surface area contributed by atoms with Crippen molar-refractivity contribution in [2.75, 3.05) is 39.3 Å². The van der Waals surface area contributed by atoms with Gasteiger partial charge in [-0.25, -0.2) is 8.42 Å². The molecule has 0 saturated heterocycles. The number of alkyl halides is 3. The molecule has 0 aliphatic heterocycles. The molecular formula is C29H42F3N7O5S. The summed E-state index contributed by atoms with van der Waals surface area (Å²) in [4.78, 5) is 40.3. The van der Waals surface area contributed by atoms with Gasteiger partial charge in [-0.1, -0.05) is 38.1 Å². The molecule has 2 aromatic rings. The van der Waals surface area contributed by atoms with E-state index < -0.39 is 51.6 Å². The summed E-state index contributed by atoms with van der Waals surface area (Å²) < 4.78 is 65.9. The fraction of sp³-hybridized carbons (Fsp3) is 0.483. The lowest BCUT2D eigenvalue weighted by Gasteiger charge is -2.24. The number of carbonyl (C=O) groups excluding carboxylic acids is 3. The third-order valence-electron chi connectivity index (χ3n) is 6.97. The number of sulfonamides is 1. The molecular weight excluding hydrogens is 615 g/mol. The van der Waals surface area contributed by atoms with E-state index in [1.165, 1.54) is 45.6 Å². The van der Waals surface area contributed by atoms with Crippen LogP contribution in [0.5, 0.6) is 0 Å². The lowest BCUT2D eigenvalue weighted by atomic mass is 10.0. The van der Waals surface area contributed by atoms with Crippen LogP contribution >= 0.6 is 0 Å². The molecule has 0 aliphatic carbocycles. The van der Waals surface area contributed by atoms with Gasteiger partial charge in [-0.2, -0.15) is 17.5 Å². The van der Waals surface area contributed by atoms with Crippen molar-refractivity contribution >= 4 is 27.7 Å². The van der Waals surface area contributed by atoms with Crippen LogP contribution in [0.25, 0.3) is 0 Å². The van der Waals surface area contributed by atoms with Crippen LogP contribution in [-0.4, -0.2) is 86.7 Å². The van der Waals surface area contributed by atoms with E-state index in [0.29, 0.717) is 24.2 Å². The fourth-order valence-electron chi connectivity index (χ4n) is 4.44. The van der Waals surface area contributed by atoms with Gasteiger partial charge in [0.2, 0.25) is 27.7 Å². The molecule has 0 fully saturated rings. The highest BCUT2D eigenvalue weighted by Crippen LogP contribution is 2.29. The summed E-state index contributed by atoms with van der Waals surface area (Å²) in [7, 11) is -3.68. The Morgan fingerprint density at radius 1 is 0.867 bits per heavy atom. The highest BCUT2D eigenvalue weighted by molar-refractivity contribution is 7.89. The topological polar surface area (TPSA) is 194 Å². The molecule has 2 aromatic carbocycles. The van der Waals surface area contributed by atoms with E-state index in [1.54, 1.807) is 13.8 Å². The number of hydrogen-bond acceptors (Lipinski definition) is 8. The minimum Gasteiger partial charge on any atom is -0.350 e. The van der Waals surface area contributed by atoms with Gasteiger partial charge in [-0.3, -0.25) is 14.4 Å². The highest BCUT2D eigenvalue weighted by atomic mass is 32.2. The largest absolute Gasteiger partial charge is 0.416 e. The van der Waals surface area contributed by atoms with Crippen molar-refractivity contribution < 1.29 is 36.0 Å². The molecule has 0 saturated carbocycles. The van der Waals surface area contributed by atoms with E-state index in [4.69, 9.17) is 17.2 Å². The predicted octanol–water partition coefficient (Wildman–Crippen LogP) is 0.543. The van der Waals surface area contributed by atoms with Gasteiger partial charge in [0.15, 0.2) is 0 Å². The number of carbonyl (C=O) groups is 3. The first kappa shape index (κ1) is 37.6. The number of nitrogens with two attached hydrogens (primary N) is 3. The standard InChI is InChI=1S/C29H42F3N7O5S/c1-3-39(4-2)45(43,44)23-11-7-21(8-12-23)19-36-28(42)25(17-20-5-9-22(10-6-20)29(30,31)32)37-27(41)24(35)18-26(40)38(15-13-33)16-14-34/h5-12,24-25H,3-4,13-19,33-35H2,1-2H3,(H,36,42)(H,37,41). The summed E-state index contributed by atoms with van der Waals surface area (Å²) in [5.41, 5.74) is 17.1. The van der Waals surface area contributed by atoms with Gasteiger partial charge in [0.05, 0.1) is 22.9 Å². The van der Waals surface area contributed by atoms with E-state index in [2.05, 4.69) is 10.6 Å². The zero-order chi connectivity index (χ0) is 33.8. The summed E-state index contributed by atoms with van der Waals surface area (Å²) >= 11 is 0. The van der Waals surface area contributed by atoms with Crippen LogP contribution in [0.4, 0.5) is 13.2 Å². The van der Waals surface area contributed by atoms with Crippen molar-refractivity contribution in [2.45, 2.75) is 56.4 Å². The maximum absolute atomic E-state index is 13.2. The molecule has 0 aliphatic rings. The second kappa shape index (κ2) is 17.2. The van der Waals surface area contributed by atoms with E-state index in [-0.39, 0.29) is 50.5 Å². The summed E-state index contributed by atoms with van der Waals surface area (Å²) in [6.45, 7) is 4.81. The van der Waals surface area contributed by atoms with Gasteiger partial charge in [0.25, 0.3) is 0 Å². The molecule has 250 valence electrons. The van der Waals surface area contributed by atoms with Crippen molar-refractivity contribution in [1.82, 2.24) is 19.8 Å². The van der Waals surface area contributed by atoms with Gasteiger partial charge in [0.1, 0.15) is 6.04 Å². The molecule has 0 spiro atoms. The van der Waals surface area contributed by atoms with Crippen LogP contribution in [0.3, 0.4) is 0 Å². The van der Waals surface area contributed by atoms with Gasteiger partial charge < -0.3 is 32.7 Å². The summed E-state index contributed by atoms with van der Waals surface area (Å²) in [5.74, 6) is -1.94. The number of halogens is 3. The summed E-state index contributed by atoms with van der Waals surface area (Å²) in [5, 5.41) is 5.16. The average Bonchev–Trinajstić information content (AvgIpc) is 2.99. The smallest absolute Gasteiger partial charge is 0.350 e. The lowest BCUT2D eigenvalue weighted by molar-refractivity contribution is -0.137. The molecule has 0 heterocycles. The van der Waals surface area contributed by atoms with Crippen LogP contribution in [0, 0.1) is 0 Å². The maximum Gasteiger partial charge on any atom is 0.416 e. The van der Waals surface area contributed by atoms with Crippen LogP contribution in [0.15, 0.2) is 53.4 Å². The monoisotopic (exact) mass is 657 g/mol. The van der Waals surface area contributed by atoms with E-state index in [0.717, 1.165) is 12.1 Å². The van der Waals surface area contributed by atoms with Crippen molar-refractivity contribution in [1.29, 1.82) is 0 Å². The molecule has 0 radical (unpaired) electrons. The van der Waals surface area contributed by atoms with Crippen molar-refractivity contribution in [3.8, 4) is 0 Å². The Balaban J connectivity index is 2.20. The van der Waals surface area contributed by atoms with Crippen molar-refractivity contribution in [2.24, 2.45) is 17.2 Å². The molecule has 3 amide bonds. The molecule has 2 atom stereocenters. The normalized spacial score (nSPS) is 13.3. The number of benzene rings is 2. The molecule has 45 heavy (non-hydrogen) atoms. The first-order valence-electron chi connectivity index (χ1n) is 14.4. The quantitative estimate of drug-likeness (QED) is 0.163. The first-order chi connectivity index (χ1) is 21.2. The second-order valence-electron chi connectivity index (χ2n) is 10.2. The number of nitrogens with one attached hydrogen (secondary N) is 2. The molecule has 2 rings (SSSR count). The minimum absolute atomic E-state index is 0.0402. The Morgan fingerprint density at radius 3 is 1.89 bits per heavy atom. The van der Waals surface area contributed by atoms with Gasteiger partial charge in [-0.05, 0) is 35.4 Å². The first-order valence-corrected chi connectivity index (χ1v) is 15.9. The molecule has 0 bridgehead atoms. The number of amides is 3. The molecule has 16 heteroatoms.